The molecule has 46 heavy (non-hydrogen) atoms. The van der Waals surface area contributed by atoms with Crippen LogP contribution in [0.5, 0.6) is 11.6 Å². The smallest absolute Gasteiger partial charge is 0.335 e. The third-order valence-corrected chi connectivity index (χ3v) is 8.24. The lowest BCUT2D eigenvalue weighted by Crippen LogP contribution is -2.27. The van der Waals surface area contributed by atoms with Crippen molar-refractivity contribution in [2.75, 3.05) is 20.3 Å². The fourth-order valence-electron chi connectivity index (χ4n) is 5.57. The zero-order valence-electron chi connectivity index (χ0n) is 25.0. The number of fused-ring (bicyclic) bond motifs is 1. The molecule has 0 bridgehead atoms. The van der Waals surface area contributed by atoms with Crippen LogP contribution in [-0.2, 0) is 17.8 Å². The number of rotatable bonds is 9. The van der Waals surface area contributed by atoms with Gasteiger partial charge in [-0.25, -0.2) is 32.9 Å². The van der Waals surface area contributed by atoms with Gasteiger partial charge < -0.3 is 23.9 Å². The molecular weight excluding hydrogens is 625 g/mol. The van der Waals surface area contributed by atoms with E-state index in [9.17, 15) is 14.3 Å². The van der Waals surface area contributed by atoms with Crippen molar-refractivity contribution in [2.24, 2.45) is 5.41 Å². The maximum atomic E-state index is 15.7. The molecule has 0 radical (unpaired) electrons. The van der Waals surface area contributed by atoms with Gasteiger partial charge in [-0.15, -0.1) is 0 Å². The van der Waals surface area contributed by atoms with Crippen LogP contribution in [0.2, 0.25) is 5.15 Å². The summed E-state index contributed by atoms with van der Waals surface area (Å²) in [6.45, 7) is 4.61. The zero-order chi connectivity index (χ0) is 32.7. The molecule has 1 N–H and O–H groups in total. The summed E-state index contributed by atoms with van der Waals surface area (Å²) in [5.41, 5.74) is 1.10. The first kappa shape index (κ1) is 31.3. The van der Waals surface area contributed by atoms with Gasteiger partial charge in [-0.3, -0.25) is 0 Å². The van der Waals surface area contributed by atoms with Crippen molar-refractivity contribution in [3.63, 3.8) is 0 Å². The summed E-state index contributed by atoms with van der Waals surface area (Å²) in [5, 5.41) is 9.78. The van der Waals surface area contributed by atoms with Crippen LogP contribution < -0.4 is 9.47 Å². The van der Waals surface area contributed by atoms with Gasteiger partial charge in [-0.05, 0) is 35.9 Å². The quantitative estimate of drug-likeness (QED) is 0.169. The van der Waals surface area contributed by atoms with E-state index in [0.717, 1.165) is 6.07 Å². The lowest BCUT2D eigenvalue weighted by atomic mass is 9.87. The number of pyridine rings is 2. The number of hydrogen-bond acceptors (Lipinski definition) is 7. The van der Waals surface area contributed by atoms with Crippen molar-refractivity contribution >= 4 is 28.6 Å². The van der Waals surface area contributed by atoms with E-state index in [4.69, 9.17) is 25.8 Å². The maximum Gasteiger partial charge on any atom is 0.335 e. The third kappa shape index (κ3) is 5.97. The minimum atomic E-state index is -1.27. The standard InChI is InChI=1S/C33H28ClF3N4O5/c1-33(2)16-45-15-27(33)41-25-10-19(32(42)43)9-23(37)30(25)40-29(41)11-17-4-5-18(8-22(17)36)24-7-6-21(35)31(39-24)46-14-20-13-38-28(34)12-26(20)44-3/h4-10,12-13,27H,11,14-16H2,1-3H3,(H,42,43). The zero-order valence-corrected chi connectivity index (χ0v) is 25.7. The molecule has 0 aliphatic carbocycles. The highest BCUT2D eigenvalue weighted by Crippen LogP contribution is 2.41. The van der Waals surface area contributed by atoms with E-state index in [1.165, 1.54) is 43.6 Å². The number of carboxylic acid groups (broad SMARTS) is 1. The van der Waals surface area contributed by atoms with Crippen LogP contribution in [0, 0.1) is 22.9 Å². The first-order valence-electron chi connectivity index (χ1n) is 14.2. The Hall–Kier alpha value is -4.68. The van der Waals surface area contributed by atoms with Crippen LogP contribution in [-0.4, -0.2) is 50.9 Å². The van der Waals surface area contributed by atoms with Gasteiger partial charge in [0.1, 0.15) is 34.7 Å². The van der Waals surface area contributed by atoms with Gasteiger partial charge in [0, 0.05) is 35.2 Å². The average molecular weight is 653 g/mol. The molecule has 0 spiro atoms. The molecule has 1 aliphatic rings. The Balaban J connectivity index is 1.31. The molecule has 1 saturated heterocycles. The average Bonchev–Trinajstić information content (AvgIpc) is 3.56. The molecule has 0 amide bonds. The summed E-state index contributed by atoms with van der Waals surface area (Å²) in [6, 6.07) is 10.5. The SMILES string of the molecule is COc1cc(Cl)ncc1COc1nc(-c2ccc(Cc3nc4c(F)cc(C(=O)O)cc4n3C3COCC3(C)C)c(F)c2)ccc1F. The van der Waals surface area contributed by atoms with Crippen LogP contribution >= 0.6 is 11.6 Å². The lowest BCUT2D eigenvalue weighted by molar-refractivity contribution is 0.0696. The van der Waals surface area contributed by atoms with E-state index >= 15 is 8.78 Å². The van der Waals surface area contributed by atoms with Gasteiger partial charge in [0.15, 0.2) is 11.6 Å². The highest BCUT2D eigenvalue weighted by Gasteiger charge is 2.39. The number of benzene rings is 2. The van der Waals surface area contributed by atoms with E-state index in [2.05, 4.69) is 15.0 Å². The fourth-order valence-corrected chi connectivity index (χ4v) is 5.72. The Labute approximate surface area is 266 Å². The van der Waals surface area contributed by atoms with Crippen molar-refractivity contribution in [1.29, 1.82) is 0 Å². The van der Waals surface area contributed by atoms with Gasteiger partial charge in [0.25, 0.3) is 5.88 Å². The summed E-state index contributed by atoms with van der Waals surface area (Å²) in [6.07, 6.45) is 1.43. The molecule has 238 valence electrons. The van der Waals surface area contributed by atoms with Crippen LogP contribution in [0.1, 0.15) is 47.2 Å². The first-order valence-corrected chi connectivity index (χ1v) is 14.6. The number of aromatic nitrogens is 4. The Morgan fingerprint density at radius 3 is 2.57 bits per heavy atom. The minimum Gasteiger partial charge on any atom is -0.496 e. The molecular formula is C33H28ClF3N4O5. The van der Waals surface area contributed by atoms with E-state index in [1.807, 2.05) is 13.8 Å². The van der Waals surface area contributed by atoms with E-state index in [1.54, 1.807) is 16.7 Å². The van der Waals surface area contributed by atoms with Crippen molar-refractivity contribution in [2.45, 2.75) is 32.9 Å². The molecule has 1 unspecified atom stereocenters. The third-order valence-electron chi connectivity index (χ3n) is 8.04. The predicted molar refractivity (Wildman–Crippen MR) is 163 cm³/mol. The number of hydrogen-bond donors (Lipinski definition) is 1. The summed E-state index contributed by atoms with van der Waals surface area (Å²) in [4.78, 5) is 24.5. The molecule has 5 aromatic rings. The summed E-state index contributed by atoms with van der Waals surface area (Å²) < 4.78 is 63.8. The monoisotopic (exact) mass is 652 g/mol. The Kier molecular flexibility index (Phi) is 8.34. The number of ether oxygens (including phenoxy) is 3. The predicted octanol–water partition coefficient (Wildman–Crippen LogP) is 7.04. The molecule has 2 aromatic carbocycles. The molecule has 3 aromatic heterocycles. The number of halogens is 4. The number of methoxy groups -OCH3 is 1. The number of imidazole rings is 1. The number of nitrogens with zero attached hydrogens (tertiary/aromatic N) is 4. The molecule has 6 rings (SSSR count). The summed E-state index contributed by atoms with van der Waals surface area (Å²) in [7, 11) is 1.46. The fraction of sp³-hybridized carbons (Fsp3) is 0.273. The molecule has 13 heteroatoms. The molecule has 4 heterocycles. The largest absolute Gasteiger partial charge is 0.496 e. The second kappa shape index (κ2) is 12.3. The van der Waals surface area contributed by atoms with Crippen molar-refractivity contribution in [3.05, 3.63) is 99.8 Å². The Morgan fingerprint density at radius 2 is 1.87 bits per heavy atom. The van der Waals surface area contributed by atoms with Crippen molar-refractivity contribution in [3.8, 4) is 22.9 Å². The minimum absolute atomic E-state index is 0.00484. The second-order valence-corrected chi connectivity index (χ2v) is 12.0. The van der Waals surface area contributed by atoms with E-state index < -0.39 is 23.4 Å². The highest BCUT2D eigenvalue weighted by molar-refractivity contribution is 6.29. The molecule has 1 aliphatic heterocycles. The first-order chi connectivity index (χ1) is 21.9. The summed E-state index contributed by atoms with van der Waals surface area (Å²) >= 11 is 5.91. The Morgan fingerprint density at radius 1 is 1.07 bits per heavy atom. The van der Waals surface area contributed by atoms with Crippen molar-refractivity contribution < 1.29 is 37.3 Å². The number of aromatic carboxylic acids is 1. The van der Waals surface area contributed by atoms with E-state index in [0.29, 0.717) is 41.4 Å². The molecule has 1 fully saturated rings. The van der Waals surface area contributed by atoms with Crippen molar-refractivity contribution in [1.82, 2.24) is 19.5 Å². The summed E-state index contributed by atoms with van der Waals surface area (Å²) in [5.74, 6) is -2.88. The molecule has 1 atom stereocenters. The van der Waals surface area contributed by atoms with Gasteiger partial charge >= 0.3 is 5.97 Å². The van der Waals surface area contributed by atoms with Gasteiger partial charge in [-0.1, -0.05) is 37.6 Å². The van der Waals surface area contributed by atoms with Crippen LogP contribution in [0.25, 0.3) is 22.3 Å². The van der Waals surface area contributed by atoms with Gasteiger partial charge in [-0.2, -0.15) is 0 Å². The van der Waals surface area contributed by atoms with Crippen LogP contribution in [0.15, 0.2) is 54.7 Å². The topological polar surface area (TPSA) is 109 Å². The highest BCUT2D eigenvalue weighted by atomic mass is 35.5. The number of carboxylic acids is 1. The number of carbonyl (C=O) groups is 1. The van der Waals surface area contributed by atoms with Gasteiger partial charge in [0.2, 0.25) is 0 Å². The van der Waals surface area contributed by atoms with Gasteiger partial charge in [0.05, 0.1) is 43.1 Å². The lowest BCUT2D eigenvalue weighted by Gasteiger charge is -2.28. The molecule has 0 saturated carbocycles. The van der Waals surface area contributed by atoms with Crippen LogP contribution in [0.4, 0.5) is 13.2 Å². The van der Waals surface area contributed by atoms with Crippen LogP contribution in [0.3, 0.4) is 0 Å². The molecule has 9 nitrogen and oxygen atoms in total. The van der Waals surface area contributed by atoms with E-state index in [-0.39, 0.29) is 57.9 Å². The maximum absolute atomic E-state index is 15.7. The second-order valence-electron chi connectivity index (χ2n) is 11.6. The Bertz CT molecular complexity index is 1980. The normalized spacial score (nSPS) is 15.8.